The van der Waals surface area contributed by atoms with Crippen LogP contribution in [-0.2, 0) is 0 Å². The van der Waals surface area contributed by atoms with E-state index in [1.165, 1.54) is 11.1 Å². The topological polar surface area (TPSA) is 12.0 Å². The Morgan fingerprint density at radius 2 is 2.00 bits per heavy atom. The van der Waals surface area contributed by atoms with E-state index in [0.717, 1.165) is 5.02 Å². The third kappa shape index (κ3) is 2.23. The predicted octanol–water partition coefficient (Wildman–Crippen LogP) is 2.93. The van der Waals surface area contributed by atoms with Gasteiger partial charge in [0.1, 0.15) is 0 Å². The summed E-state index contributed by atoms with van der Waals surface area (Å²) in [6, 6.07) is 6.47. The second-order valence-corrected chi connectivity index (χ2v) is 3.51. The minimum atomic E-state index is 0.363. The molecule has 0 aromatic heterocycles. The van der Waals surface area contributed by atoms with E-state index >= 15 is 0 Å². The molecule has 0 saturated carbocycles. The Kier molecular flexibility index (Phi) is 3.12. The molecule has 0 spiro atoms. The normalized spacial score (nSPS) is 13.0. The fourth-order valence-corrected chi connectivity index (χ4v) is 1.48. The number of nitrogens with one attached hydrogen (secondary N) is 1. The van der Waals surface area contributed by atoms with Gasteiger partial charge in [-0.2, -0.15) is 0 Å². The second kappa shape index (κ2) is 3.92. The SMILES string of the molecule is CN[C@@H](C)c1cc(C)cc(Cl)c1. The van der Waals surface area contributed by atoms with Crippen LogP contribution in [0.15, 0.2) is 18.2 Å². The molecule has 0 saturated heterocycles. The molecule has 0 heterocycles. The van der Waals surface area contributed by atoms with E-state index in [-0.39, 0.29) is 0 Å². The van der Waals surface area contributed by atoms with Gasteiger partial charge >= 0.3 is 0 Å². The maximum Gasteiger partial charge on any atom is 0.0411 e. The number of halogens is 1. The van der Waals surface area contributed by atoms with Gasteiger partial charge in [-0.25, -0.2) is 0 Å². The third-order valence-electron chi connectivity index (χ3n) is 2.00. The minimum Gasteiger partial charge on any atom is -0.313 e. The molecule has 0 aliphatic heterocycles. The van der Waals surface area contributed by atoms with Gasteiger partial charge in [0.05, 0.1) is 0 Å². The van der Waals surface area contributed by atoms with Crippen LogP contribution in [0.5, 0.6) is 0 Å². The second-order valence-electron chi connectivity index (χ2n) is 3.07. The van der Waals surface area contributed by atoms with Crippen molar-refractivity contribution in [2.45, 2.75) is 19.9 Å². The van der Waals surface area contributed by atoms with E-state index in [1.807, 2.05) is 19.2 Å². The Balaban J connectivity index is 3.00. The molecule has 2 heteroatoms. The molecular formula is C10H14ClN. The highest BCUT2D eigenvalue weighted by atomic mass is 35.5. The predicted molar refractivity (Wildman–Crippen MR) is 53.7 cm³/mol. The van der Waals surface area contributed by atoms with Crippen LogP contribution in [0, 0.1) is 6.92 Å². The van der Waals surface area contributed by atoms with Gasteiger partial charge in [-0.05, 0) is 44.2 Å². The zero-order valence-electron chi connectivity index (χ0n) is 7.69. The average molecular weight is 184 g/mol. The lowest BCUT2D eigenvalue weighted by Crippen LogP contribution is -2.12. The highest BCUT2D eigenvalue weighted by molar-refractivity contribution is 6.30. The molecule has 0 aliphatic carbocycles. The summed E-state index contributed by atoms with van der Waals surface area (Å²) < 4.78 is 0. The largest absolute Gasteiger partial charge is 0.313 e. The molecule has 66 valence electrons. The molecule has 0 bridgehead atoms. The summed E-state index contributed by atoms with van der Waals surface area (Å²) in [6.07, 6.45) is 0. The zero-order valence-corrected chi connectivity index (χ0v) is 8.44. The molecule has 0 aliphatic rings. The van der Waals surface area contributed by atoms with Crippen LogP contribution in [0.1, 0.15) is 24.1 Å². The van der Waals surface area contributed by atoms with E-state index < -0.39 is 0 Å². The van der Waals surface area contributed by atoms with Crippen molar-refractivity contribution in [1.82, 2.24) is 5.32 Å². The lowest BCUT2D eigenvalue weighted by atomic mass is 10.1. The molecule has 0 fully saturated rings. The Morgan fingerprint density at radius 3 is 2.50 bits per heavy atom. The van der Waals surface area contributed by atoms with Crippen molar-refractivity contribution in [3.63, 3.8) is 0 Å². The van der Waals surface area contributed by atoms with Crippen molar-refractivity contribution in [2.75, 3.05) is 7.05 Å². The summed E-state index contributed by atoms with van der Waals surface area (Å²) in [6.45, 7) is 4.17. The molecule has 1 aromatic rings. The fraction of sp³-hybridized carbons (Fsp3) is 0.400. The van der Waals surface area contributed by atoms with E-state index in [2.05, 4.69) is 25.2 Å². The van der Waals surface area contributed by atoms with E-state index in [1.54, 1.807) is 0 Å². The van der Waals surface area contributed by atoms with Crippen LogP contribution in [0.4, 0.5) is 0 Å². The summed E-state index contributed by atoms with van der Waals surface area (Å²) in [5, 5.41) is 3.99. The lowest BCUT2D eigenvalue weighted by Gasteiger charge is -2.11. The third-order valence-corrected chi connectivity index (χ3v) is 2.22. The molecule has 1 rings (SSSR count). The molecule has 0 radical (unpaired) electrons. The van der Waals surface area contributed by atoms with Crippen LogP contribution >= 0.6 is 11.6 Å². The standard InChI is InChI=1S/C10H14ClN/c1-7-4-9(8(2)12-3)6-10(11)5-7/h4-6,8,12H,1-3H3/t8-/m0/s1. The minimum absolute atomic E-state index is 0.363. The van der Waals surface area contributed by atoms with Crippen molar-refractivity contribution in [2.24, 2.45) is 0 Å². The molecule has 0 unspecified atom stereocenters. The molecule has 1 nitrogen and oxygen atoms in total. The van der Waals surface area contributed by atoms with E-state index in [4.69, 9.17) is 11.6 Å². The number of aryl methyl sites for hydroxylation is 1. The highest BCUT2D eigenvalue weighted by Gasteiger charge is 2.03. The monoisotopic (exact) mass is 183 g/mol. The Bertz CT molecular complexity index is 250. The van der Waals surface area contributed by atoms with Gasteiger partial charge < -0.3 is 5.32 Å². The maximum atomic E-state index is 5.92. The van der Waals surface area contributed by atoms with E-state index in [0.29, 0.717) is 6.04 Å². The molecule has 12 heavy (non-hydrogen) atoms. The van der Waals surface area contributed by atoms with Crippen molar-refractivity contribution in [3.8, 4) is 0 Å². The van der Waals surface area contributed by atoms with Gasteiger partial charge in [0.25, 0.3) is 0 Å². The van der Waals surface area contributed by atoms with Crippen molar-refractivity contribution in [3.05, 3.63) is 34.3 Å². The van der Waals surface area contributed by atoms with Crippen LogP contribution < -0.4 is 5.32 Å². The number of rotatable bonds is 2. The van der Waals surface area contributed by atoms with Gasteiger partial charge in [-0.15, -0.1) is 0 Å². The molecule has 1 N–H and O–H groups in total. The fourth-order valence-electron chi connectivity index (χ4n) is 1.18. The summed E-state index contributed by atoms with van der Waals surface area (Å²) in [5.74, 6) is 0. The first-order valence-corrected chi connectivity index (χ1v) is 4.45. The lowest BCUT2D eigenvalue weighted by molar-refractivity contribution is 0.652. The van der Waals surface area contributed by atoms with Crippen LogP contribution in [0.25, 0.3) is 0 Å². The first-order chi connectivity index (χ1) is 5.63. The van der Waals surface area contributed by atoms with Crippen LogP contribution in [0.2, 0.25) is 5.02 Å². The van der Waals surface area contributed by atoms with E-state index in [9.17, 15) is 0 Å². The van der Waals surface area contributed by atoms with Gasteiger partial charge in [0, 0.05) is 11.1 Å². The molecule has 1 atom stereocenters. The summed E-state index contributed by atoms with van der Waals surface area (Å²) in [7, 11) is 1.95. The van der Waals surface area contributed by atoms with Crippen molar-refractivity contribution in [1.29, 1.82) is 0 Å². The average Bonchev–Trinajstić information content (AvgIpc) is 2.01. The highest BCUT2D eigenvalue weighted by Crippen LogP contribution is 2.19. The number of benzene rings is 1. The molecular weight excluding hydrogens is 170 g/mol. The maximum absolute atomic E-state index is 5.92. The summed E-state index contributed by atoms with van der Waals surface area (Å²) in [4.78, 5) is 0. The van der Waals surface area contributed by atoms with Gasteiger partial charge in [-0.1, -0.05) is 17.7 Å². The number of hydrogen-bond acceptors (Lipinski definition) is 1. The van der Waals surface area contributed by atoms with Crippen LogP contribution in [0.3, 0.4) is 0 Å². The smallest absolute Gasteiger partial charge is 0.0411 e. The summed E-state index contributed by atoms with van der Waals surface area (Å²) >= 11 is 5.92. The van der Waals surface area contributed by atoms with Gasteiger partial charge in [0.2, 0.25) is 0 Å². The summed E-state index contributed by atoms with van der Waals surface area (Å²) in [5.41, 5.74) is 2.45. The zero-order chi connectivity index (χ0) is 9.14. The first kappa shape index (κ1) is 9.56. The molecule has 0 amide bonds. The first-order valence-electron chi connectivity index (χ1n) is 4.08. The molecule has 1 aromatic carbocycles. The quantitative estimate of drug-likeness (QED) is 0.744. The Morgan fingerprint density at radius 1 is 1.33 bits per heavy atom. The Hall–Kier alpha value is -0.530. The van der Waals surface area contributed by atoms with Gasteiger partial charge in [0.15, 0.2) is 0 Å². The Labute approximate surface area is 78.7 Å². The van der Waals surface area contributed by atoms with Gasteiger partial charge in [-0.3, -0.25) is 0 Å². The number of hydrogen-bond donors (Lipinski definition) is 1. The van der Waals surface area contributed by atoms with Crippen LogP contribution in [-0.4, -0.2) is 7.05 Å². The van der Waals surface area contributed by atoms with Crippen molar-refractivity contribution >= 4 is 11.6 Å². The van der Waals surface area contributed by atoms with Crippen molar-refractivity contribution < 1.29 is 0 Å².